The summed E-state index contributed by atoms with van der Waals surface area (Å²) in [4.78, 5) is 16.1. The summed E-state index contributed by atoms with van der Waals surface area (Å²) in [6.45, 7) is 0. The van der Waals surface area contributed by atoms with Crippen molar-refractivity contribution in [3.05, 3.63) is 48.0 Å². The van der Waals surface area contributed by atoms with Crippen LogP contribution in [-0.2, 0) is 7.05 Å². The summed E-state index contributed by atoms with van der Waals surface area (Å²) in [7, 11) is 3.37. The van der Waals surface area contributed by atoms with Crippen molar-refractivity contribution in [2.45, 2.75) is 0 Å². The highest BCUT2D eigenvalue weighted by Crippen LogP contribution is 2.20. The standard InChI is InChI=1S/C12H12N2O2/c1-14-7-10(13-8-14)12(15)9-5-3-4-6-11(9)16-2/h3-8H,1-2H3. The molecule has 0 N–H and O–H groups in total. The maximum atomic E-state index is 12.1. The summed E-state index contributed by atoms with van der Waals surface area (Å²) in [6, 6.07) is 7.12. The van der Waals surface area contributed by atoms with E-state index < -0.39 is 0 Å². The molecule has 16 heavy (non-hydrogen) atoms. The molecule has 1 aromatic carbocycles. The Balaban J connectivity index is 2.41. The van der Waals surface area contributed by atoms with E-state index in [0.717, 1.165) is 0 Å². The smallest absolute Gasteiger partial charge is 0.216 e. The van der Waals surface area contributed by atoms with E-state index in [-0.39, 0.29) is 5.78 Å². The molecular weight excluding hydrogens is 204 g/mol. The highest BCUT2D eigenvalue weighted by atomic mass is 16.5. The van der Waals surface area contributed by atoms with Crippen molar-refractivity contribution in [2.24, 2.45) is 7.05 Å². The fourth-order valence-corrected chi connectivity index (χ4v) is 1.50. The molecule has 0 radical (unpaired) electrons. The van der Waals surface area contributed by atoms with Gasteiger partial charge in [-0.05, 0) is 12.1 Å². The number of rotatable bonds is 3. The number of imidazole rings is 1. The number of carbonyl (C=O) groups is 1. The largest absolute Gasteiger partial charge is 0.496 e. The zero-order valence-corrected chi connectivity index (χ0v) is 9.18. The van der Waals surface area contributed by atoms with Crippen molar-refractivity contribution in [2.75, 3.05) is 7.11 Å². The molecule has 1 aromatic heterocycles. The lowest BCUT2D eigenvalue weighted by atomic mass is 10.1. The minimum Gasteiger partial charge on any atom is -0.496 e. The number of ether oxygens (including phenoxy) is 1. The normalized spacial score (nSPS) is 10.1. The van der Waals surface area contributed by atoms with Crippen molar-refractivity contribution in [3.8, 4) is 5.75 Å². The van der Waals surface area contributed by atoms with E-state index >= 15 is 0 Å². The Morgan fingerprint density at radius 3 is 2.75 bits per heavy atom. The minimum absolute atomic E-state index is 0.127. The first kappa shape index (κ1) is 10.4. The second-order valence-corrected chi connectivity index (χ2v) is 3.45. The van der Waals surface area contributed by atoms with Gasteiger partial charge in [0.25, 0.3) is 0 Å². The molecule has 0 unspecified atom stereocenters. The van der Waals surface area contributed by atoms with Crippen LogP contribution >= 0.6 is 0 Å². The molecule has 0 bridgehead atoms. The molecule has 0 aliphatic rings. The Kier molecular flexibility index (Phi) is 2.72. The molecule has 0 aliphatic carbocycles. The van der Waals surface area contributed by atoms with Crippen LogP contribution in [0, 0.1) is 0 Å². The number of aromatic nitrogens is 2. The molecule has 0 saturated carbocycles. The Labute approximate surface area is 93.5 Å². The van der Waals surface area contributed by atoms with E-state index in [0.29, 0.717) is 17.0 Å². The molecule has 0 atom stereocenters. The van der Waals surface area contributed by atoms with Gasteiger partial charge in [-0.25, -0.2) is 4.98 Å². The molecule has 82 valence electrons. The zero-order chi connectivity index (χ0) is 11.5. The Hall–Kier alpha value is -2.10. The van der Waals surface area contributed by atoms with Crippen molar-refractivity contribution >= 4 is 5.78 Å². The van der Waals surface area contributed by atoms with Gasteiger partial charge in [-0.3, -0.25) is 4.79 Å². The SMILES string of the molecule is COc1ccccc1C(=O)c1cn(C)cn1. The molecule has 2 aromatic rings. The van der Waals surface area contributed by atoms with Crippen LogP contribution < -0.4 is 4.74 Å². The average Bonchev–Trinajstić information content (AvgIpc) is 2.75. The van der Waals surface area contributed by atoms with Gasteiger partial charge < -0.3 is 9.30 Å². The third kappa shape index (κ3) is 1.82. The monoisotopic (exact) mass is 216 g/mol. The van der Waals surface area contributed by atoms with Crippen LogP contribution in [0.2, 0.25) is 0 Å². The highest BCUT2D eigenvalue weighted by molar-refractivity contribution is 6.09. The maximum absolute atomic E-state index is 12.1. The van der Waals surface area contributed by atoms with Gasteiger partial charge in [-0.15, -0.1) is 0 Å². The van der Waals surface area contributed by atoms with Crippen molar-refractivity contribution in [1.82, 2.24) is 9.55 Å². The lowest BCUT2D eigenvalue weighted by Gasteiger charge is -2.04. The van der Waals surface area contributed by atoms with Crippen LogP contribution in [0.3, 0.4) is 0 Å². The second-order valence-electron chi connectivity index (χ2n) is 3.45. The van der Waals surface area contributed by atoms with Gasteiger partial charge in [0.05, 0.1) is 19.0 Å². The van der Waals surface area contributed by atoms with Crippen LogP contribution in [0.1, 0.15) is 16.1 Å². The van der Waals surface area contributed by atoms with Crippen LogP contribution in [0.25, 0.3) is 0 Å². The average molecular weight is 216 g/mol. The Bertz CT molecular complexity index is 517. The van der Waals surface area contributed by atoms with Gasteiger partial charge in [0.2, 0.25) is 5.78 Å². The number of nitrogens with zero attached hydrogens (tertiary/aromatic N) is 2. The van der Waals surface area contributed by atoms with Crippen LogP contribution in [-0.4, -0.2) is 22.4 Å². The summed E-state index contributed by atoms with van der Waals surface area (Å²) in [6.07, 6.45) is 3.29. The zero-order valence-electron chi connectivity index (χ0n) is 9.18. The topological polar surface area (TPSA) is 44.1 Å². The summed E-state index contributed by atoms with van der Waals surface area (Å²) in [5.74, 6) is 0.441. The lowest BCUT2D eigenvalue weighted by molar-refractivity contribution is 0.103. The maximum Gasteiger partial charge on any atom is 0.216 e. The van der Waals surface area contributed by atoms with Gasteiger partial charge in [0.15, 0.2) is 0 Å². The van der Waals surface area contributed by atoms with Gasteiger partial charge in [0.1, 0.15) is 11.4 Å². The van der Waals surface area contributed by atoms with E-state index in [1.807, 2.05) is 13.1 Å². The third-order valence-corrected chi connectivity index (χ3v) is 2.29. The summed E-state index contributed by atoms with van der Waals surface area (Å²) < 4.78 is 6.88. The highest BCUT2D eigenvalue weighted by Gasteiger charge is 2.15. The fraction of sp³-hybridized carbons (Fsp3) is 0.167. The predicted molar refractivity (Wildman–Crippen MR) is 59.6 cm³/mol. The van der Waals surface area contributed by atoms with Gasteiger partial charge >= 0.3 is 0 Å². The molecule has 0 amide bonds. The summed E-state index contributed by atoms with van der Waals surface area (Å²) in [5, 5.41) is 0. The number of carbonyl (C=O) groups excluding carboxylic acids is 1. The van der Waals surface area contributed by atoms with Crippen molar-refractivity contribution < 1.29 is 9.53 Å². The van der Waals surface area contributed by atoms with E-state index in [4.69, 9.17) is 4.74 Å². The number of benzene rings is 1. The van der Waals surface area contributed by atoms with Crippen molar-refractivity contribution in [3.63, 3.8) is 0 Å². The summed E-state index contributed by atoms with van der Waals surface area (Å²) >= 11 is 0. The lowest BCUT2D eigenvalue weighted by Crippen LogP contribution is -2.04. The first-order valence-corrected chi connectivity index (χ1v) is 4.88. The molecule has 4 heteroatoms. The number of hydrogen-bond donors (Lipinski definition) is 0. The number of hydrogen-bond acceptors (Lipinski definition) is 3. The molecule has 2 rings (SSSR count). The number of aryl methyl sites for hydroxylation is 1. The van der Waals surface area contributed by atoms with E-state index in [1.54, 1.807) is 42.4 Å². The molecule has 0 fully saturated rings. The Morgan fingerprint density at radius 1 is 1.38 bits per heavy atom. The fourth-order valence-electron chi connectivity index (χ4n) is 1.50. The van der Waals surface area contributed by atoms with Crippen LogP contribution in [0.5, 0.6) is 5.75 Å². The molecular formula is C12H12N2O2. The van der Waals surface area contributed by atoms with Gasteiger partial charge in [-0.1, -0.05) is 12.1 Å². The van der Waals surface area contributed by atoms with Crippen LogP contribution in [0.15, 0.2) is 36.8 Å². The molecule has 1 heterocycles. The first-order chi connectivity index (χ1) is 7.72. The summed E-state index contributed by atoms with van der Waals surface area (Å²) in [5.41, 5.74) is 0.954. The van der Waals surface area contributed by atoms with Crippen molar-refractivity contribution in [1.29, 1.82) is 0 Å². The Morgan fingerprint density at radius 2 is 2.12 bits per heavy atom. The van der Waals surface area contributed by atoms with Gasteiger partial charge in [-0.2, -0.15) is 0 Å². The minimum atomic E-state index is -0.127. The quantitative estimate of drug-likeness (QED) is 0.733. The molecule has 4 nitrogen and oxygen atoms in total. The molecule has 0 aliphatic heterocycles. The number of methoxy groups -OCH3 is 1. The van der Waals surface area contributed by atoms with E-state index in [2.05, 4.69) is 4.98 Å². The first-order valence-electron chi connectivity index (χ1n) is 4.88. The third-order valence-electron chi connectivity index (χ3n) is 2.29. The predicted octanol–water partition coefficient (Wildman–Crippen LogP) is 1.66. The van der Waals surface area contributed by atoms with Gasteiger partial charge in [0, 0.05) is 13.2 Å². The number of para-hydroxylation sites is 1. The molecule has 0 spiro atoms. The van der Waals surface area contributed by atoms with E-state index in [9.17, 15) is 4.79 Å². The second kappa shape index (κ2) is 4.18. The molecule has 0 saturated heterocycles. The number of ketones is 1. The van der Waals surface area contributed by atoms with Crippen LogP contribution in [0.4, 0.5) is 0 Å². The van der Waals surface area contributed by atoms with E-state index in [1.165, 1.54) is 0 Å².